The van der Waals surface area contributed by atoms with Crippen LogP contribution in [-0.4, -0.2) is 11.5 Å². The molecule has 1 heterocycles. The van der Waals surface area contributed by atoms with E-state index in [1.807, 2.05) is 13.0 Å². The molecule has 0 bridgehead atoms. The highest BCUT2D eigenvalue weighted by Crippen LogP contribution is 2.40. The van der Waals surface area contributed by atoms with Gasteiger partial charge in [-0.05, 0) is 42.5 Å². The zero-order valence-corrected chi connectivity index (χ0v) is 11.7. The Hall–Kier alpha value is -1.25. The third-order valence-electron chi connectivity index (χ3n) is 3.38. The number of allylic oxidation sites excluding steroid dienone is 3. The summed E-state index contributed by atoms with van der Waals surface area (Å²) in [6.45, 7) is 8.01. The molecule has 1 aliphatic rings. The lowest BCUT2D eigenvalue weighted by Gasteiger charge is -2.09. The molecule has 2 atom stereocenters. The molecule has 1 aliphatic heterocycles. The predicted molar refractivity (Wildman–Crippen MR) is 80.0 cm³/mol. The summed E-state index contributed by atoms with van der Waals surface area (Å²) in [6, 6.07) is 8.44. The lowest BCUT2D eigenvalue weighted by Crippen LogP contribution is -1.98. The molecule has 0 saturated carbocycles. The van der Waals surface area contributed by atoms with E-state index < -0.39 is 0 Å². The molecular weight excluding hydrogens is 240 g/mol. The smallest absolute Gasteiger partial charge is 0.109 e. The van der Waals surface area contributed by atoms with Crippen LogP contribution in [-0.2, 0) is 11.2 Å². The van der Waals surface area contributed by atoms with E-state index in [0.29, 0.717) is 6.10 Å². The Morgan fingerprint density at radius 1 is 1.44 bits per heavy atom. The van der Waals surface area contributed by atoms with Crippen molar-refractivity contribution in [3.05, 3.63) is 59.2 Å². The van der Waals surface area contributed by atoms with Gasteiger partial charge >= 0.3 is 0 Å². The summed E-state index contributed by atoms with van der Waals surface area (Å²) in [7, 11) is 0. The number of ether oxygens (including phenoxy) is 1. The second-order valence-electron chi connectivity index (χ2n) is 4.67. The van der Waals surface area contributed by atoms with Crippen LogP contribution in [0.2, 0.25) is 0 Å². The predicted octanol–water partition coefficient (Wildman–Crippen LogP) is 4.19. The average Bonchev–Trinajstić information content (AvgIpc) is 3.12. The quantitative estimate of drug-likeness (QED) is 0.340. The molecule has 94 valence electrons. The van der Waals surface area contributed by atoms with Crippen LogP contribution in [0.4, 0.5) is 0 Å². The number of benzene rings is 1. The molecule has 1 saturated heterocycles. The van der Waals surface area contributed by atoms with Gasteiger partial charge < -0.3 is 4.74 Å². The molecule has 2 rings (SSSR count). The van der Waals surface area contributed by atoms with Gasteiger partial charge in [0, 0.05) is 5.37 Å². The summed E-state index contributed by atoms with van der Waals surface area (Å²) in [6.07, 6.45) is 3.37. The molecule has 1 fully saturated rings. The van der Waals surface area contributed by atoms with Crippen molar-refractivity contribution >= 4 is 17.6 Å². The fourth-order valence-corrected chi connectivity index (χ4v) is 2.29. The standard InChI is InChI=1S/C16H18OS/c1-4-13(11(2)10-18)9-14-7-5-6-8-15(14)16-12(3)17-16/h4-8,10,12,16H,1,9H2,2-3H3/b13-11+. The van der Waals surface area contributed by atoms with Gasteiger partial charge in [-0.25, -0.2) is 0 Å². The Balaban J connectivity index is 2.29. The van der Waals surface area contributed by atoms with E-state index >= 15 is 0 Å². The van der Waals surface area contributed by atoms with Gasteiger partial charge in [-0.2, -0.15) is 0 Å². The van der Waals surface area contributed by atoms with E-state index in [2.05, 4.69) is 37.8 Å². The first-order chi connectivity index (χ1) is 8.67. The number of hydrogen-bond donors (Lipinski definition) is 0. The van der Waals surface area contributed by atoms with Gasteiger partial charge in [-0.1, -0.05) is 49.1 Å². The van der Waals surface area contributed by atoms with E-state index in [0.717, 1.165) is 12.0 Å². The monoisotopic (exact) mass is 258 g/mol. The minimum atomic E-state index is 0.264. The molecule has 0 aromatic heterocycles. The maximum Gasteiger partial charge on any atom is 0.109 e. The van der Waals surface area contributed by atoms with Gasteiger partial charge in [0.05, 0.1) is 6.10 Å². The van der Waals surface area contributed by atoms with Crippen LogP contribution in [0.15, 0.2) is 48.1 Å². The molecule has 1 nitrogen and oxygen atoms in total. The van der Waals surface area contributed by atoms with Gasteiger partial charge in [0.1, 0.15) is 6.10 Å². The highest BCUT2D eigenvalue weighted by molar-refractivity contribution is 7.79. The number of thiocarbonyl (C=S) groups is 1. The van der Waals surface area contributed by atoms with Crippen molar-refractivity contribution in [3.63, 3.8) is 0 Å². The Labute approximate surface area is 114 Å². The topological polar surface area (TPSA) is 12.5 Å². The van der Waals surface area contributed by atoms with Crippen molar-refractivity contribution in [2.24, 2.45) is 0 Å². The minimum Gasteiger partial charge on any atom is -0.365 e. The van der Waals surface area contributed by atoms with E-state index in [-0.39, 0.29) is 6.10 Å². The lowest BCUT2D eigenvalue weighted by atomic mass is 9.95. The Morgan fingerprint density at radius 3 is 2.67 bits per heavy atom. The van der Waals surface area contributed by atoms with Crippen molar-refractivity contribution in [1.29, 1.82) is 0 Å². The highest BCUT2D eigenvalue weighted by Gasteiger charge is 2.36. The van der Waals surface area contributed by atoms with Gasteiger partial charge in [-0.15, -0.1) is 0 Å². The Kier molecular flexibility index (Phi) is 4.10. The van der Waals surface area contributed by atoms with Crippen molar-refractivity contribution < 1.29 is 4.74 Å². The molecular formula is C16H18OS. The third kappa shape index (κ3) is 2.77. The molecule has 0 N–H and O–H groups in total. The van der Waals surface area contributed by atoms with Crippen LogP contribution in [0.3, 0.4) is 0 Å². The SMILES string of the molecule is C=C/C(Cc1ccccc1C1OC1C)=C(/C)C=S. The van der Waals surface area contributed by atoms with E-state index in [1.165, 1.54) is 16.7 Å². The van der Waals surface area contributed by atoms with Crippen LogP contribution < -0.4 is 0 Å². The first-order valence-electron chi connectivity index (χ1n) is 6.18. The van der Waals surface area contributed by atoms with Crippen molar-refractivity contribution in [2.45, 2.75) is 32.5 Å². The zero-order valence-electron chi connectivity index (χ0n) is 10.8. The van der Waals surface area contributed by atoms with Crippen molar-refractivity contribution in [3.8, 4) is 0 Å². The zero-order chi connectivity index (χ0) is 13.1. The molecule has 0 aliphatic carbocycles. The fourth-order valence-electron chi connectivity index (χ4n) is 2.14. The summed E-state index contributed by atoms with van der Waals surface area (Å²) in [5, 5.41) is 1.72. The van der Waals surface area contributed by atoms with Gasteiger partial charge in [0.15, 0.2) is 0 Å². The summed E-state index contributed by atoms with van der Waals surface area (Å²) in [5.74, 6) is 0. The minimum absolute atomic E-state index is 0.264. The lowest BCUT2D eigenvalue weighted by molar-refractivity contribution is 0.382. The van der Waals surface area contributed by atoms with Crippen LogP contribution in [0.1, 0.15) is 31.1 Å². The first-order valence-corrected chi connectivity index (χ1v) is 6.65. The van der Waals surface area contributed by atoms with E-state index in [1.54, 1.807) is 5.37 Å². The maximum absolute atomic E-state index is 5.58. The number of rotatable bonds is 5. The largest absolute Gasteiger partial charge is 0.365 e. The first kappa shape index (κ1) is 13.2. The molecule has 0 spiro atoms. The molecule has 2 unspecified atom stereocenters. The van der Waals surface area contributed by atoms with Crippen LogP contribution in [0, 0.1) is 0 Å². The molecule has 0 radical (unpaired) electrons. The Morgan fingerprint density at radius 2 is 2.11 bits per heavy atom. The third-order valence-corrected chi connectivity index (χ3v) is 3.74. The van der Waals surface area contributed by atoms with Crippen molar-refractivity contribution in [2.75, 3.05) is 0 Å². The van der Waals surface area contributed by atoms with Crippen LogP contribution >= 0.6 is 12.2 Å². The summed E-state index contributed by atoms with van der Waals surface area (Å²) in [4.78, 5) is 0. The molecule has 18 heavy (non-hydrogen) atoms. The molecule has 2 heteroatoms. The normalized spacial score (nSPS) is 23.2. The molecule has 1 aromatic rings. The maximum atomic E-state index is 5.58. The highest BCUT2D eigenvalue weighted by atomic mass is 32.1. The van der Waals surface area contributed by atoms with E-state index in [4.69, 9.17) is 17.0 Å². The fraction of sp³-hybridized carbons (Fsp3) is 0.312. The second-order valence-corrected chi connectivity index (χ2v) is 4.90. The summed E-state index contributed by atoms with van der Waals surface area (Å²) >= 11 is 4.99. The second kappa shape index (κ2) is 5.59. The van der Waals surface area contributed by atoms with Gasteiger partial charge in [0.2, 0.25) is 0 Å². The number of hydrogen-bond acceptors (Lipinski definition) is 2. The number of epoxide rings is 1. The van der Waals surface area contributed by atoms with E-state index in [9.17, 15) is 0 Å². The van der Waals surface area contributed by atoms with Crippen LogP contribution in [0.5, 0.6) is 0 Å². The summed E-state index contributed by atoms with van der Waals surface area (Å²) < 4.78 is 5.58. The van der Waals surface area contributed by atoms with Gasteiger partial charge in [-0.3, -0.25) is 0 Å². The van der Waals surface area contributed by atoms with Gasteiger partial charge in [0.25, 0.3) is 0 Å². The summed E-state index contributed by atoms with van der Waals surface area (Å²) in [5.41, 5.74) is 4.89. The van der Waals surface area contributed by atoms with Crippen LogP contribution in [0.25, 0.3) is 0 Å². The van der Waals surface area contributed by atoms with Crippen molar-refractivity contribution in [1.82, 2.24) is 0 Å². The molecule has 0 amide bonds. The molecule has 1 aromatic carbocycles. The average molecular weight is 258 g/mol. The Bertz CT molecular complexity index is 502.